The van der Waals surface area contributed by atoms with E-state index in [0.29, 0.717) is 18.7 Å². The van der Waals surface area contributed by atoms with Crippen LogP contribution >= 0.6 is 0 Å². The highest BCUT2D eigenvalue weighted by molar-refractivity contribution is 5.68. The molecule has 7 nitrogen and oxygen atoms in total. The summed E-state index contributed by atoms with van der Waals surface area (Å²) < 4.78 is 1.48. The number of aliphatic hydroxyl groups is 1. The minimum Gasteiger partial charge on any atom is -0.480 e. The fraction of sp³-hybridized carbons (Fsp3) is 0.364. The molecule has 2 rings (SSSR count). The van der Waals surface area contributed by atoms with Crippen molar-refractivity contribution in [2.45, 2.75) is 19.4 Å². The first kappa shape index (κ1) is 12.3. The van der Waals surface area contributed by atoms with E-state index in [2.05, 4.69) is 15.2 Å². The number of aromatic amines is 1. The molecule has 0 unspecified atom stereocenters. The summed E-state index contributed by atoms with van der Waals surface area (Å²) in [4.78, 5) is 13.8. The van der Waals surface area contributed by atoms with E-state index in [1.165, 1.54) is 10.9 Å². The summed E-state index contributed by atoms with van der Waals surface area (Å²) >= 11 is 0. The van der Waals surface area contributed by atoms with Crippen molar-refractivity contribution in [2.75, 3.05) is 6.61 Å². The monoisotopic (exact) mass is 250 g/mol. The molecule has 96 valence electrons. The van der Waals surface area contributed by atoms with Gasteiger partial charge in [0.05, 0.1) is 0 Å². The molecule has 0 saturated carbocycles. The van der Waals surface area contributed by atoms with Crippen molar-refractivity contribution in [1.82, 2.24) is 19.7 Å². The quantitative estimate of drug-likeness (QED) is 0.683. The number of rotatable bonds is 6. The van der Waals surface area contributed by atoms with Crippen LogP contribution in [-0.2, 0) is 17.8 Å². The highest BCUT2D eigenvalue weighted by Crippen LogP contribution is 2.21. The number of carboxylic acids is 1. The van der Waals surface area contributed by atoms with Gasteiger partial charge in [0.2, 0.25) is 0 Å². The van der Waals surface area contributed by atoms with Gasteiger partial charge >= 0.3 is 5.97 Å². The second kappa shape index (κ2) is 5.46. The smallest absolute Gasteiger partial charge is 0.323 e. The molecule has 0 bridgehead atoms. The number of nitrogens with one attached hydrogen (secondary N) is 1. The van der Waals surface area contributed by atoms with Crippen molar-refractivity contribution in [3.8, 4) is 11.4 Å². The maximum absolute atomic E-state index is 10.7. The normalized spacial score (nSPS) is 10.7. The molecule has 0 spiro atoms. The summed E-state index contributed by atoms with van der Waals surface area (Å²) in [5.74, 6) is -0.421. The first-order valence-electron chi connectivity index (χ1n) is 5.59. The fourth-order valence-electron chi connectivity index (χ4n) is 1.80. The minimum atomic E-state index is -0.941. The zero-order valence-corrected chi connectivity index (χ0v) is 9.70. The number of aryl methyl sites for hydroxylation is 1. The average Bonchev–Trinajstić information content (AvgIpc) is 2.93. The molecule has 0 saturated heterocycles. The second-order valence-electron chi connectivity index (χ2n) is 3.87. The van der Waals surface area contributed by atoms with E-state index in [4.69, 9.17) is 10.2 Å². The Morgan fingerprint density at radius 3 is 3.06 bits per heavy atom. The van der Waals surface area contributed by atoms with Crippen LogP contribution in [0.5, 0.6) is 0 Å². The molecule has 2 aromatic heterocycles. The molecule has 0 amide bonds. The molecule has 7 heteroatoms. The zero-order chi connectivity index (χ0) is 13.0. The van der Waals surface area contributed by atoms with E-state index in [1.54, 1.807) is 6.20 Å². The molecule has 0 atom stereocenters. The summed E-state index contributed by atoms with van der Waals surface area (Å²) in [7, 11) is 0. The van der Waals surface area contributed by atoms with Crippen LogP contribution in [0.2, 0.25) is 0 Å². The molecule has 3 N–H and O–H groups in total. The molecule has 0 aliphatic heterocycles. The van der Waals surface area contributed by atoms with Crippen LogP contribution in [-0.4, -0.2) is 42.5 Å². The van der Waals surface area contributed by atoms with Crippen LogP contribution in [0, 0.1) is 0 Å². The minimum absolute atomic E-state index is 0.111. The Balaban J connectivity index is 2.28. The first-order valence-corrected chi connectivity index (χ1v) is 5.59. The standard InChI is InChI=1S/C11H14N4O3/c16-5-1-2-9-8(3-4-12-9)11-14-13-7-15(11)6-10(17)18/h3-4,7,12,16H,1-2,5-6H2,(H,17,18). The molecule has 2 heterocycles. The third kappa shape index (κ3) is 2.57. The average molecular weight is 250 g/mol. The molecule has 0 fully saturated rings. The SMILES string of the molecule is O=C(O)Cn1cnnc1-c1cc[nH]c1CCCO. The van der Waals surface area contributed by atoms with Crippen LogP contribution in [0.15, 0.2) is 18.6 Å². The molecule has 0 aliphatic rings. The predicted octanol–water partition coefficient (Wildman–Crippen LogP) is 0.283. The molecule has 0 aliphatic carbocycles. The summed E-state index contributed by atoms with van der Waals surface area (Å²) in [5.41, 5.74) is 1.74. The number of aliphatic hydroxyl groups excluding tert-OH is 1. The Bertz CT molecular complexity index is 532. The third-order valence-corrected chi connectivity index (χ3v) is 2.58. The lowest BCUT2D eigenvalue weighted by Gasteiger charge is -2.04. The van der Waals surface area contributed by atoms with Crippen molar-refractivity contribution < 1.29 is 15.0 Å². The number of carbonyl (C=O) groups is 1. The number of H-pyrrole nitrogens is 1. The lowest BCUT2D eigenvalue weighted by atomic mass is 10.1. The number of hydrogen-bond acceptors (Lipinski definition) is 4. The van der Waals surface area contributed by atoms with Crippen molar-refractivity contribution in [3.63, 3.8) is 0 Å². The van der Waals surface area contributed by atoms with Gasteiger partial charge in [-0.05, 0) is 18.9 Å². The number of aliphatic carboxylic acids is 1. The maximum atomic E-state index is 10.7. The summed E-state index contributed by atoms with van der Waals surface area (Å²) in [6, 6.07) is 1.83. The Hall–Kier alpha value is -2.15. The molecule has 18 heavy (non-hydrogen) atoms. The first-order chi connectivity index (χ1) is 8.72. The van der Waals surface area contributed by atoms with Crippen LogP contribution in [0.4, 0.5) is 0 Å². The van der Waals surface area contributed by atoms with E-state index < -0.39 is 5.97 Å². The van der Waals surface area contributed by atoms with Gasteiger partial charge in [0, 0.05) is 24.1 Å². The van der Waals surface area contributed by atoms with Gasteiger partial charge in [-0.15, -0.1) is 10.2 Å². The van der Waals surface area contributed by atoms with E-state index in [-0.39, 0.29) is 13.2 Å². The van der Waals surface area contributed by atoms with Crippen LogP contribution in [0.1, 0.15) is 12.1 Å². The van der Waals surface area contributed by atoms with Crippen molar-refractivity contribution in [2.24, 2.45) is 0 Å². The predicted molar refractivity (Wildman–Crippen MR) is 62.9 cm³/mol. The molecule has 0 aromatic carbocycles. The van der Waals surface area contributed by atoms with Gasteiger partial charge in [0.15, 0.2) is 5.82 Å². The van der Waals surface area contributed by atoms with E-state index in [0.717, 1.165) is 11.3 Å². The molecule has 2 aromatic rings. The molecular weight excluding hydrogens is 236 g/mol. The molecular formula is C11H14N4O3. The Kier molecular flexibility index (Phi) is 3.73. The Labute approximate surface area is 103 Å². The number of hydrogen-bond donors (Lipinski definition) is 3. The summed E-state index contributed by atoms with van der Waals surface area (Å²) in [6.45, 7) is -0.0623. The van der Waals surface area contributed by atoms with Crippen molar-refractivity contribution >= 4 is 5.97 Å². The highest BCUT2D eigenvalue weighted by atomic mass is 16.4. The van der Waals surface area contributed by atoms with Gasteiger partial charge in [0.1, 0.15) is 12.9 Å². The van der Waals surface area contributed by atoms with Gasteiger partial charge in [-0.1, -0.05) is 0 Å². The van der Waals surface area contributed by atoms with Gasteiger partial charge < -0.3 is 19.8 Å². The Morgan fingerprint density at radius 1 is 1.50 bits per heavy atom. The van der Waals surface area contributed by atoms with Gasteiger partial charge in [-0.3, -0.25) is 4.79 Å². The number of aromatic nitrogens is 4. The topological polar surface area (TPSA) is 104 Å². The van der Waals surface area contributed by atoms with Crippen molar-refractivity contribution in [3.05, 3.63) is 24.3 Å². The fourth-order valence-corrected chi connectivity index (χ4v) is 1.80. The van der Waals surface area contributed by atoms with E-state index in [1.807, 2.05) is 6.07 Å². The highest BCUT2D eigenvalue weighted by Gasteiger charge is 2.14. The number of carboxylic acid groups (broad SMARTS) is 1. The van der Waals surface area contributed by atoms with Gasteiger partial charge in [0.25, 0.3) is 0 Å². The van der Waals surface area contributed by atoms with Crippen LogP contribution < -0.4 is 0 Å². The maximum Gasteiger partial charge on any atom is 0.323 e. The third-order valence-electron chi connectivity index (χ3n) is 2.58. The zero-order valence-electron chi connectivity index (χ0n) is 9.70. The van der Waals surface area contributed by atoms with Crippen LogP contribution in [0.25, 0.3) is 11.4 Å². The molecule has 0 radical (unpaired) electrons. The van der Waals surface area contributed by atoms with Crippen molar-refractivity contribution in [1.29, 1.82) is 0 Å². The van der Waals surface area contributed by atoms with Gasteiger partial charge in [-0.2, -0.15) is 0 Å². The lowest BCUT2D eigenvalue weighted by Crippen LogP contribution is -2.09. The van der Waals surface area contributed by atoms with E-state index >= 15 is 0 Å². The summed E-state index contributed by atoms with van der Waals surface area (Å²) in [5, 5.41) is 25.3. The van der Waals surface area contributed by atoms with E-state index in [9.17, 15) is 4.79 Å². The second-order valence-corrected chi connectivity index (χ2v) is 3.87. The Morgan fingerprint density at radius 2 is 2.33 bits per heavy atom. The summed E-state index contributed by atoms with van der Waals surface area (Å²) in [6.07, 6.45) is 4.48. The number of nitrogens with zero attached hydrogens (tertiary/aromatic N) is 3. The largest absolute Gasteiger partial charge is 0.480 e. The van der Waals surface area contributed by atoms with Gasteiger partial charge in [-0.25, -0.2) is 0 Å². The lowest BCUT2D eigenvalue weighted by molar-refractivity contribution is -0.137. The van der Waals surface area contributed by atoms with Crippen LogP contribution in [0.3, 0.4) is 0 Å².